The minimum atomic E-state index is -0.785. The van der Waals surface area contributed by atoms with Crippen LogP contribution < -0.4 is 0 Å². The number of carbonyl (C=O) groups is 2. The molecule has 0 saturated heterocycles. The minimum absolute atomic E-state index is 0.0724. The van der Waals surface area contributed by atoms with E-state index in [-0.39, 0.29) is 25.2 Å². The van der Waals surface area contributed by atoms with Crippen LogP contribution in [0.4, 0.5) is 0 Å². The Bertz CT molecular complexity index is 1940. The SMILES string of the molecule is CC/C=C\C/C=C\C/C=C\C/C=C\C/C=C\C/C=C\C/C=C\C/C=C\CCCCCCCCCCCCC(=O)OC(CO)COC(=O)CCCCCCCCCCCCCCCCCCCCCCCC/C=C\C/C=C\C/C=C\C/C=C\C/C=C\C/C=C\CC. The number of aliphatic hydroxyl groups excluding tert-OH is 1. The van der Waals surface area contributed by atoms with Gasteiger partial charge < -0.3 is 14.6 Å². The molecule has 1 N–H and O–H groups in total. The average Bonchev–Trinajstić information content (AvgIpc) is 3.58. The molecule has 0 bridgehead atoms. The van der Waals surface area contributed by atoms with Gasteiger partial charge in [-0.2, -0.15) is 0 Å². The molecule has 0 amide bonds. The van der Waals surface area contributed by atoms with E-state index in [0.717, 1.165) is 128 Å². The number of unbranched alkanes of at least 4 members (excludes halogenated alkanes) is 32. The Balaban J connectivity index is 3.49. The second-order valence-corrected chi connectivity index (χ2v) is 24.6. The van der Waals surface area contributed by atoms with Crippen LogP contribution in [0.1, 0.15) is 335 Å². The lowest BCUT2D eigenvalue weighted by molar-refractivity contribution is -0.161. The monoisotopic (exact) mass is 1240 g/mol. The number of aliphatic hydroxyl groups is 1. The molecular weight excluding hydrogens is 1100 g/mol. The van der Waals surface area contributed by atoms with E-state index >= 15 is 0 Å². The predicted octanol–water partition coefficient (Wildman–Crippen LogP) is 26.8. The normalized spacial score (nSPS) is 13.2. The molecule has 0 rings (SSSR count). The van der Waals surface area contributed by atoms with Crippen LogP contribution in [-0.4, -0.2) is 36.4 Å². The van der Waals surface area contributed by atoms with Crippen molar-refractivity contribution in [2.75, 3.05) is 13.2 Å². The Hall–Kier alpha value is -4.74. The molecule has 1 atom stereocenters. The lowest BCUT2D eigenvalue weighted by atomic mass is 10.0. The maximum Gasteiger partial charge on any atom is 0.306 e. The van der Waals surface area contributed by atoms with Crippen molar-refractivity contribution in [2.24, 2.45) is 0 Å². The smallest absolute Gasteiger partial charge is 0.306 e. The summed E-state index contributed by atoms with van der Waals surface area (Å²) in [4.78, 5) is 24.7. The molecule has 90 heavy (non-hydrogen) atoms. The molecule has 5 nitrogen and oxygen atoms in total. The maximum absolute atomic E-state index is 12.4. The molecule has 0 aliphatic rings. The zero-order valence-corrected chi connectivity index (χ0v) is 58.6. The van der Waals surface area contributed by atoms with Crippen molar-refractivity contribution in [2.45, 2.75) is 341 Å². The van der Waals surface area contributed by atoms with Crippen LogP contribution in [0.5, 0.6) is 0 Å². The van der Waals surface area contributed by atoms with Gasteiger partial charge in [-0.15, -0.1) is 0 Å². The standard InChI is InChI=1S/C85H140O5/c1-3-5-7-9-11-13-15-17-19-21-23-25-27-29-31-33-35-37-39-40-41-42-43-44-46-47-49-51-53-55-57-59-61-63-65-67-69-71-73-75-77-79-84(87)89-82-83(81-86)90-85(88)80-78-76-74-72-70-68-66-64-62-60-58-56-54-52-50-48-45-38-36-34-32-30-28-26-24-22-20-18-16-14-12-10-8-6-4-2/h5-8,11-14,17-20,23-26,29-32,35-38,48,50,54,56,83,86H,3-4,9-10,15-16,21-22,27-28,33-34,39-47,49,51-53,55,57-82H2,1-2H3/b7-5-,8-6-,13-11-,14-12-,19-17-,20-18-,25-23-,26-24-,31-29-,32-30-,37-35-,38-36-,50-48-,56-54-. The van der Waals surface area contributed by atoms with Gasteiger partial charge in [-0.3, -0.25) is 9.59 Å². The van der Waals surface area contributed by atoms with Crippen LogP contribution in [0.15, 0.2) is 170 Å². The number of ether oxygens (including phenoxy) is 2. The quantitative estimate of drug-likeness (QED) is 0.0373. The highest BCUT2D eigenvalue weighted by Crippen LogP contribution is 2.18. The summed E-state index contributed by atoms with van der Waals surface area (Å²) in [6.07, 6.45) is 121. The highest BCUT2D eigenvalue weighted by molar-refractivity contribution is 5.70. The third-order valence-electron chi connectivity index (χ3n) is 16.0. The number of carbonyl (C=O) groups excluding carboxylic acids is 2. The van der Waals surface area contributed by atoms with Gasteiger partial charge in [-0.25, -0.2) is 0 Å². The molecule has 5 heteroatoms. The fraction of sp³-hybridized carbons (Fsp3) is 0.647. The third-order valence-corrected chi connectivity index (χ3v) is 16.0. The Morgan fingerprint density at radius 3 is 0.667 bits per heavy atom. The van der Waals surface area contributed by atoms with E-state index in [4.69, 9.17) is 9.47 Å². The maximum atomic E-state index is 12.4. The van der Waals surface area contributed by atoms with Gasteiger partial charge in [0.25, 0.3) is 0 Å². The van der Waals surface area contributed by atoms with Crippen molar-refractivity contribution in [1.82, 2.24) is 0 Å². The lowest BCUT2D eigenvalue weighted by Gasteiger charge is -2.15. The fourth-order valence-electron chi connectivity index (χ4n) is 10.5. The summed E-state index contributed by atoms with van der Waals surface area (Å²) < 4.78 is 10.8. The largest absolute Gasteiger partial charge is 0.462 e. The van der Waals surface area contributed by atoms with Gasteiger partial charge in [-0.1, -0.05) is 364 Å². The van der Waals surface area contributed by atoms with Crippen molar-refractivity contribution < 1.29 is 24.2 Å². The number of hydrogen-bond acceptors (Lipinski definition) is 5. The number of rotatable bonds is 68. The molecule has 0 aliphatic carbocycles. The minimum Gasteiger partial charge on any atom is -0.462 e. The third kappa shape index (κ3) is 75.7. The molecule has 1 unspecified atom stereocenters. The summed E-state index contributed by atoms with van der Waals surface area (Å²) in [5.74, 6) is -0.591. The zero-order chi connectivity index (χ0) is 64.7. The van der Waals surface area contributed by atoms with E-state index in [1.54, 1.807) is 0 Å². The van der Waals surface area contributed by atoms with Crippen molar-refractivity contribution in [3.05, 3.63) is 170 Å². The summed E-state index contributed by atoms with van der Waals surface area (Å²) in [5.41, 5.74) is 0. The van der Waals surface area contributed by atoms with Crippen molar-refractivity contribution in [3.8, 4) is 0 Å². The molecule has 0 fully saturated rings. The Morgan fingerprint density at radius 2 is 0.444 bits per heavy atom. The molecule has 0 aromatic rings. The van der Waals surface area contributed by atoms with E-state index < -0.39 is 6.10 Å². The summed E-state index contributed by atoms with van der Waals surface area (Å²) in [6.45, 7) is 3.93. The first kappa shape index (κ1) is 85.3. The van der Waals surface area contributed by atoms with Gasteiger partial charge in [-0.05, 0) is 128 Å². The highest BCUT2D eigenvalue weighted by atomic mass is 16.6. The number of allylic oxidation sites excluding steroid dienone is 28. The first-order valence-electron chi connectivity index (χ1n) is 37.7. The van der Waals surface area contributed by atoms with Crippen molar-refractivity contribution in [3.63, 3.8) is 0 Å². The van der Waals surface area contributed by atoms with Gasteiger partial charge in [0.1, 0.15) is 6.61 Å². The van der Waals surface area contributed by atoms with E-state index in [1.165, 1.54) is 180 Å². The van der Waals surface area contributed by atoms with Crippen molar-refractivity contribution in [1.29, 1.82) is 0 Å². The molecule has 0 aromatic heterocycles. The van der Waals surface area contributed by atoms with E-state index in [2.05, 4.69) is 184 Å². The Kier molecular flexibility index (Phi) is 74.4. The first-order valence-corrected chi connectivity index (χ1v) is 37.7. The van der Waals surface area contributed by atoms with Crippen LogP contribution in [0.3, 0.4) is 0 Å². The predicted molar refractivity (Wildman–Crippen MR) is 398 cm³/mol. The molecule has 0 radical (unpaired) electrons. The summed E-state index contributed by atoms with van der Waals surface area (Å²) in [7, 11) is 0. The van der Waals surface area contributed by atoms with Crippen LogP contribution in [0.2, 0.25) is 0 Å². The summed E-state index contributed by atoms with van der Waals surface area (Å²) >= 11 is 0. The zero-order valence-electron chi connectivity index (χ0n) is 58.6. The lowest BCUT2D eigenvalue weighted by Crippen LogP contribution is -2.28. The molecule has 0 aliphatic heterocycles. The fourth-order valence-corrected chi connectivity index (χ4v) is 10.5. The molecule has 0 heterocycles. The summed E-state index contributed by atoms with van der Waals surface area (Å²) in [5, 5.41) is 9.72. The van der Waals surface area contributed by atoms with Gasteiger partial charge in [0, 0.05) is 12.8 Å². The first-order chi connectivity index (χ1) is 44.6. The van der Waals surface area contributed by atoms with E-state index in [0.29, 0.717) is 12.8 Å². The van der Waals surface area contributed by atoms with Crippen LogP contribution in [-0.2, 0) is 19.1 Å². The van der Waals surface area contributed by atoms with Crippen LogP contribution >= 0.6 is 0 Å². The topological polar surface area (TPSA) is 72.8 Å². The van der Waals surface area contributed by atoms with Crippen LogP contribution in [0.25, 0.3) is 0 Å². The van der Waals surface area contributed by atoms with Crippen LogP contribution in [0, 0.1) is 0 Å². The Labute approximate surface area is 557 Å². The van der Waals surface area contributed by atoms with Gasteiger partial charge in [0.2, 0.25) is 0 Å². The molecule has 510 valence electrons. The van der Waals surface area contributed by atoms with E-state index in [9.17, 15) is 14.7 Å². The summed E-state index contributed by atoms with van der Waals surface area (Å²) in [6, 6.07) is 0. The van der Waals surface area contributed by atoms with Gasteiger partial charge in [0.05, 0.1) is 6.61 Å². The second kappa shape index (κ2) is 78.5. The molecule has 0 saturated carbocycles. The second-order valence-electron chi connectivity index (χ2n) is 24.6. The highest BCUT2D eigenvalue weighted by Gasteiger charge is 2.16. The van der Waals surface area contributed by atoms with Gasteiger partial charge in [0.15, 0.2) is 6.10 Å². The molecule has 0 aromatic carbocycles. The molecule has 0 spiro atoms. The van der Waals surface area contributed by atoms with Crippen molar-refractivity contribution >= 4 is 11.9 Å². The average molecular weight is 1240 g/mol. The molecular formula is C85H140O5. The van der Waals surface area contributed by atoms with E-state index in [1.807, 2.05) is 0 Å². The Morgan fingerprint density at radius 1 is 0.256 bits per heavy atom. The number of esters is 2. The van der Waals surface area contributed by atoms with Gasteiger partial charge >= 0.3 is 11.9 Å². The number of hydrogen-bond donors (Lipinski definition) is 1.